The fourth-order valence-corrected chi connectivity index (χ4v) is 7.19. The van der Waals surface area contributed by atoms with Gasteiger partial charge in [-0.2, -0.15) is 0 Å². The summed E-state index contributed by atoms with van der Waals surface area (Å²) in [6.07, 6.45) is 43.4. The Hall–Kier alpha value is -2.15. The predicted molar refractivity (Wildman–Crippen MR) is 246 cm³/mol. The molecule has 0 spiro atoms. The maximum atomic E-state index is 12.6. The van der Waals surface area contributed by atoms with E-state index in [-0.39, 0.29) is 24.0 Å². The lowest BCUT2D eigenvalue weighted by Crippen LogP contribution is -2.20. The Kier molecular flexibility index (Phi) is 41.4. The monoisotopic (exact) mass is 818 g/mol. The van der Waals surface area contributed by atoms with E-state index < -0.39 is 0 Å². The van der Waals surface area contributed by atoms with E-state index >= 15 is 0 Å². The van der Waals surface area contributed by atoms with E-state index in [1.807, 2.05) is 14.1 Å². The Balaban J connectivity index is 4.07. The standard InChI is InChI=1S/C51H95NO6/c1-7-9-11-13-21-27-34-46(3)41-44-56-49(53)38-31-25-19-15-17-23-29-36-48(58-51(55)40-33-43-52(5)6)37-30-24-18-16-20-26-32-39-50(54)57-45-42-47(4)35-28-22-14-12-10-8-2/h27-28,34-35,46-48H,7-26,29-33,36-45H2,1-6H3/b34-27-,35-28-. The van der Waals surface area contributed by atoms with Crippen LogP contribution in [0.25, 0.3) is 0 Å². The molecule has 0 heterocycles. The van der Waals surface area contributed by atoms with Gasteiger partial charge in [0.1, 0.15) is 6.10 Å². The minimum atomic E-state index is -0.0558. The number of hydrogen-bond acceptors (Lipinski definition) is 7. The summed E-state index contributed by atoms with van der Waals surface area (Å²) in [4.78, 5) is 39.0. The molecule has 0 aromatic heterocycles. The van der Waals surface area contributed by atoms with Gasteiger partial charge in [-0.1, -0.05) is 155 Å². The largest absolute Gasteiger partial charge is 0.466 e. The summed E-state index contributed by atoms with van der Waals surface area (Å²) in [5, 5.41) is 0. The van der Waals surface area contributed by atoms with Crippen molar-refractivity contribution in [3.8, 4) is 0 Å². The van der Waals surface area contributed by atoms with Gasteiger partial charge in [0.05, 0.1) is 13.2 Å². The molecule has 2 atom stereocenters. The molecule has 0 radical (unpaired) electrons. The first-order valence-electron chi connectivity index (χ1n) is 24.7. The highest BCUT2D eigenvalue weighted by atomic mass is 16.5. The summed E-state index contributed by atoms with van der Waals surface area (Å²) in [5.74, 6) is 0.740. The first-order valence-corrected chi connectivity index (χ1v) is 24.7. The summed E-state index contributed by atoms with van der Waals surface area (Å²) in [7, 11) is 4.07. The summed E-state index contributed by atoms with van der Waals surface area (Å²) in [5.41, 5.74) is 0. The van der Waals surface area contributed by atoms with Crippen LogP contribution in [0.5, 0.6) is 0 Å². The Labute approximate surface area is 359 Å². The van der Waals surface area contributed by atoms with Crippen molar-refractivity contribution in [3.63, 3.8) is 0 Å². The lowest BCUT2D eigenvalue weighted by Gasteiger charge is -2.18. The Morgan fingerprint density at radius 3 is 1.26 bits per heavy atom. The first kappa shape index (κ1) is 55.9. The van der Waals surface area contributed by atoms with Gasteiger partial charge in [-0.15, -0.1) is 0 Å². The van der Waals surface area contributed by atoms with Crippen molar-refractivity contribution in [1.29, 1.82) is 0 Å². The Morgan fingerprint density at radius 2 is 0.845 bits per heavy atom. The van der Waals surface area contributed by atoms with Crippen molar-refractivity contribution in [3.05, 3.63) is 24.3 Å². The average Bonchev–Trinajstić information content (AvgIpc) is 3.18. The molecule has 0 fully saturated rings. The SMILES string of the molecule is CCCCCC/C=C\C(C)CCOC(=O)CCCCCCCCCC(CCCCCCCCCC(=O)OCCC(C)/C=C\CCCCCC)OC(=O)CCCN(C)C. The van der Waals surface area contributed by atoms with E-state index in [9.17, 15) is 14.4 Å². The molecule has 58 heavy (non-hydrogen) atoms. The molecule has 0 amide bonds. The third-order valence-corrected chi connectivity index (χ3v) is 11.1. The number of nitrogens with zero attached hydrogens (tertiary/aromatic N) is 1. The minimum Gasteiger partial charge on any atom is -0.466 e. The number of esters is 3. The molecule has 0 aliphatic carbocycles. The van der Waals surface area contributed by atoms with Crippen molar-refractivity contribution in [2.45, 2.75) is 239 Å². The molecule has 0 aliphatic heterocycles. The van der Waals surface area contributed by atoms with Gasteiger partial charge in [-0.3, -0.25) is 14.4 Å². The predicted octanol–water partition coefficient (Wildman–Crippen LogP) is 14.5. The summed E-state index contributed by atoms with van der Waals surface area (Å²) < 4.78 is 17.0. The molecule has 0 saturated carbocycles. The maximum absolute atomic E-state index is 12.6. The van der Waals surface area contributed by atoms with Crippen molar-refractivity contribution < 1.29 is 28.6 Å². The van der Waals surface area contributed by atoms with Crippen LogP contribution in [0.4, 0.5) is 0 Å². The van der Waals surface area contributed by atoms with E-state index in [0.29, 0.717) is 44.3 Å². The van der Waals surface area contributed by atoms with Gasteiger partial charge >= 0.3 is 17.9 Å². The number of unbranched alkanes of at least 4 members (excludes halogenated alkanes) is 20. The van der Waals surface area contributed by atoms with E-state index in [4.69, 9.17) is 14.2 Å². The molecular weight excluding hydrogens is 723 g/mol. The van der Waals surface area contributed by atoms with Crippen LogP contribution in [0.3, 0.4) is 0 Å². The third-order valence-electron chi connectivity index (χ3n) is 11.1. The molecule has 0 saturated heterocycles. The Morgan fingerprint density at radius 1 is 0.466 bits per heavy atom. The molecule has 0 aromatic carbocycles. The first-order chi connectivity index (χ1) is 28.2. The molecule has 0 N–H and O–H groups in total. The molecule has 0 aliphatic rings. The smallest absolute Gasteiger partial charge is 0.306 e. The van der Waals surface area contributed by atoms with Gasteiger partial charge in [0.15, 0.2) is 0 Å². The van der Waals surface area contributed by atoms with E-state index in [1.54, 1.807) is 0 Å². The topological polar surface area (TPSA) is 82.1 Å². The van der Waals surface area contributed by atoms with Crippen LogP contribution in [-0.2, 0) is 28.6 Å². The van der Waals surface area contributed by atoms with Gasteiger partial charge in [-0.25, -0.2) is 0 Å². The quantitative estimate of drug-likeness (QED) is 0.0262. The molecule has 7 heteroatoms. The van der Waals surface area contributed by atoms with Crippen LogP contribution in [0.15, 0.2) is 24.3 Å². The van der Waals surface area contributed by atoms with Crippen LogP contribution >= 0.6 is 0 Å². The average molecular weight is 818 g/mol. The van der Waals surface area contributed by atoms with Crippen molar-refractivity contribution in [1.82, 2.24) is 4.90 Å². The van der Waals surface area contributed by atoms with Gasteiger partial charge < -0.3 is 19.1 Å². The highest BCUT2D eigenvalue weighted by Gasteiger charge is 2.15. The van der Waals surface area contributed by atoms with Crippen molar-refractivity contribution in [2.24, 2.45) is 11.8 Å². The number of ether oxygens (including phenoxy) is 3. The number of carbonyl (C=O) groups is 3. The van der Waals surface area contributed by atoms with E-state index in [0.717, 1.165) is 116 Å². The highest BCUT2D eigenvalue weighted by Crippen LogP contribution is 2.19. The fraction of sp³-hybridized carbons (Fsp3) is 0.863. The fourth-order valence-electron chi connectivity index (χ4n) is 7.19. The van der Waals surface area contributed by atoms with Crippen molar-refractivity contribution >= 4 is 17.9 Å². The van der Waals surface area contributed by atoms with Crippen LogP contribution in [0, 0.1) is 11.8 Å². The number of hydrogen-bond donors (Lipinski definition) is 0. The van der Waals surface area contributed by atoms with Crippen LogP contribution in [0.2, 0.25) is 0 Å². The second kappa shape index (κ2) is 43.0. The highest BCUT2D eigenvalue weighted by molar-refractivity contribution is 5.70. The number of rotatable bonds is 43. The van der Waals surface area contributed by atoms with Crippen LogP contribution < -0.4 is 0 Å². The lowest BCUT2D eigenvalue weighted by atomic mass is 10.0. The van der Waals surface area contributed by atoms with E-state index in [2.05, 4.69) is 56.9 Å². The van der Waals surface area contributed by atoms with E-state index in [1.165, 1.54) is 77.0 Å². The zero-order valence-corrected chi connectivity index (χ0v) is 39.2. The minimum absolute atomic E-state index is 0.0213. The molecule has 0 aromatic rings. The van der Waals surface area contributed by atoms with Gasteiger partial charge in [0, 0.05) is 19.3 Å². The molecule has 2 unspecified atom stereocenters. The Bertz CT molecular complexity index is 929. The summed E-state index contributed by atoms with van der Waals surface area (Å²) in [6.45, 7) is 10.8. The molecule has 340 valence electrons. The van der Waals surface area contributed by atoms with Gasteiger partial charge in [0.25, 0.3) is 0 Å². The lowest BCUT2D eigenvalue weighted by molar-refractivity contribution is -0.150. The maximum Gasteiger partial charge on any atom is 0.306 e. The van der Waals surface area contributed by atoms with Gasteiger partial charge in [-0.05, 0) is 116 Å². The number of allylic oxidation sites excluding steroid dienone is 4. The third kappa shape index (κ3) is 42.0. The summed E-state index contributed by atoms with van der Waals surface area (Å²) >= 11 is 0. The second-order valence-electron chi connectivity index (χ2n) is 17.6. The molecule has 0 rings (SSSR count). The van der Waals surface area contributed by atoms with Gasteiger partial charge in [0.2, 0.25) is 0 Å². The second-order valence-corrected chi connectivity index (χ2v) is 17.6. The zero-order chi connectivity index (χ0) is 42.7. The molecular formula is C51H95NO6. The molecule has 0 bridgehead atoms. The van der Waals surface area contributed by atoms with Crippen molar-refractivity contribution in [2.75, 3.05) is 33.9 Å². The molecule has 7 nitrogen and oxygen atoms in total. The normalized spacial score (nSPS) is 13.4. The van der Waals surface area contributed by atoms with Crippen LogP contribution in [-0.4, -0.2) is 62.8 Å². The van der Waals surface area contributed by atoms with Crippen LogP contribution in [0.1, 0.15) is 233 Å². The summed E-state index contributed by atoms with van der Waals surface area (Å²) in [6, 6.07) is 0. The number of carbonyl (C=O) groups excluding carboxylic acids is 3. The zero-order valence-electron chi connectivity index (χ0n) is 39.2.